The molecule has 98 valence electrons. The summed E-state index contributed by atoms with van der Waals surface area (Å²) in [6.45, 7) is 3.60. The maximum Gasteiger partial charge on any atom is 0.188 e. The number of rotatable bonds is 5. The molecule has 2 aliphatic carbocycles. The molecule has 4 atom stereocenters. The second kappa shape index (κ2) is 5.71. The van der Waals surface area contributed by atoms with Gasteiger partial charge >= 0.3 is 0 Å². The molecule has 0 heterocycles. The highest BCUT2D eigenvalue weighted by Crippen LogP contribution is 2.48. The molecule has 2 fully saturated rings. The Bertz CT molecular complexity index is 280. The molecule has 4 unspecified atom stereocenters. The van der Waals surface area contributed by atoms with Crippen LogP contribution in [0.2, 0.25) is 0 Å². The molecule has 0 aliphatic heterocycles. The third kappa shape index (κ3) is 3.35. The molecule has 2 saturated carbocycles. The standard InChI is InChI=1S/C13H25N3O/c1-9(8-17-2)16-13(14)15-7-12-6-10-3-4-11(12)5-10/h9-12H,3-8H2,1-2H3,(H3,14,15,16). The van der Waals surface area contributed by atoms with Gasteiger partial charge in [0.05, 0.1) is 6.61 Å². The molecular formula is C13H25N3O. The molecule has 4 nitrogen and oxygen atoms in total. The minimum absolute atomic E-state index is 0.226. The summed E-state index contributed by atoms with van der Waals surface area (Å²) in [6, 6.07) is 0.226. The van der Waals surface area contributed by atoms with Gasteiger partial charge in [0.2, 0.25) is 0 Å². The predicted molar refractivity (Wildman–Crippen MR) is 69.9 cm³/mol. The Kier molecular flexibility index (Phi) is 4.26. The van der Waals surface area contributed by atoms with E-state index in [9.17, 15) is 0 Å². The molecule has 4 heteroatoms. The summed E-state index contributed by atoms with van der Waals surface area (Å²) < 4.78 is 5.05. The summed E-state index contributed by atoms with van der Waals surface area (Å²) in [5, 5.41) is 3.15. The van der Waals surface area contributed by atoms with Gasteiger partial charge in [-0.2, -0.15) is 0 Å². The second-order valence-electron chi connectivity index (χ2n) is 5.66. The minimum atomic E-state index is 0.226. The van der Waals surface area contributed by atoms with Crippen molar-refractivity contribution < 1.29 is 4.74 Å². The number of fused-ring (bicyclic) bond motifs is 2. The predicted octanol–water partition coefficient (Wildman–Crippen LogP) is 1.36. The zero-order chi connectivity index (χ0) is 12.3. The van der Waals surface area contributed by atoms with Crippen molar-refractivity contribution in [3.05, 3.63) is 0 Å². The van der Waals surface area contributed by atoms with Crippen LogP contribution in [0.1, 0.15) is 32.6 Å². The fourth-order valence-corrected chi connectivity index (χ4v) is 3.41. The Morgan fingerprint density at radius 2 is 2.29 bits per heavy atom. The van der Waals surface area contributed by atoms with Crippen molar-refractivity contribution in [3.63, 3.8) is 0 Å². The van der Waals surface area contributed by atoms with Crippen LogP contribution in [0.4, 0.5) is 0 Å². The number of nitrogens with one attached hydrogen (secondary N) is 1. The summed E-state index contributed by atoms with van der Waals surface area (Å²) in [5.74, 6) is 3.26. The van der Waals surface area contributed by atoms with Crippen LogP contribution < -0.4 is 11.1 Å². The third-order valence-electron chi connectivity index (χ3n) is 4.19. The lowest BCUT2D eigenvalue weighted by Crippen LogP contribution is -2.41. The van der Waals surface area contributed by atoms with Crippen molar-refractivity contribution in [1.82, 2.24) is 5.32 Å². The van der Waals surface area contributed by atoms with Gasteiger partial charge in [0.25, 0.3) is 0 Å². The molecular weight excluding hydrogens is 214 g/mol. The van der Waals surface area contributed by atoms with E-state index < -0.39 is 0 Å². The molecule has 17 heavy (non-hydrogen) atoms. The normalized spacial score (nSPS) is 34.0. The van der Waals surface area contributed by atoms with Crippen LogP contribution in [0, 0.1) is 17.8 Å². The number of aliphatic imine (C=N–C) groups is 1. The zero-order valence-electron chi connectivity index (χ0n) is 11.0. The fourth-order valence-electron chi connectivity index (χ4n) is 3.41. The Labute approximate surface area is 104 Å². The third-order valence-corrected chi connectivity index (χ3v) is 4.19. The van der Waals surface area contributed by atoms with Gasteiger partial charge in [0.1, 0.15) is 0 Å². The van der Waals surface area contributed by atoms with Crippen molar-refractivity contribution in [3.8, 4) is 0 Å². The van der Waals surface area contributed by atoms with Gasteiger partial charge in [-0.05, 0) is 43.9 Å². The van der Waals surface area contributed by atoms with E-state index in [1.54, 1.807) is 7.11 Å². The van der Waals surface area contributed by atoms with E-state index >= 15 is 0 Å². The summed E-state index contributed by atoms with van der Waals surface area (Å²) in [7, 11) is 1.70. The Morgan fingerprint density at radius 3 is 2.88 bits per heavy atom. The lowest BCUT2D eigenvalue weighted by molar-refractivity contribution is 0.179. The van der Waals surface area contributed by atoms with Crippen LogP contribution in [0.25, 0.3) is 0 Å². The van der Waals surface area contributed by atoms with Gasteiger partial charge in [-0.3, -0.25) is 4.99 Å². The lowest BCUT2D eigenvalue weighted by Gasteiger charge is -2.20. The van der Waals surface area contributed by atoms with Crippen LogP contribution in [-0.4, -0.2) is 32.3 Å². The SMILES string of the molecule is COCC(C)NC(N)=NCC1CC2CCC1C2. The van der Waals surface area contributed by atoms with Crippen LogP contribution >= 0.6 is 0 Å². The van der Waals surface area contributed by atoms with E-state index in [1.807, 2.05) is 6.92 Å². The van der Waals surface area contributed by atoms with Gasteiger partial charge in [-0.25, -0.2) is 0 Å². The van der Waals surface area contributed by atoms with Crippen molar-refractivity contribution in [2.75, 3.05) is 20.3 Å². The van der Waals surface area contributed by atoms with Gasteiger partial charge in [0, 0.05) is 19.7 Å². The van der Waals surface area contributed by atoms with Gasteiger partial charge < -0.3 is 15.8 Å². The van der Waals surface area contributed by atoms with Gasteiger partial charge in [-0.15, -0.1) is 0 Å². The molecule has 2 bridgehead atoms. The van der Waals surface area contributed by atoms with Crippen LogP contribution in [0.15, 0.2) is 4.99 Å². The van der Waals surface area contributed by atoms with E-state index in [4.69, 9.17) is 10.5 Å². The average Bonchev–Trinajstić information content (AvgIpc) is 2.88. The molecule has 2 rings (SSSR count). The van der Waals surface area contributed by atoms with Crippen molar-refractivity contribution >= 4 is 5.96 Å². The van der Waals surface area contributed by atoms with Crippen molar-refractivity contribution in [2.45, 2.75) is 38.6 Å². The van der Waals surface area contributed by atoms with Crippen molar-refractivity contribution in [1.29, 1.82) is 0 Å². The molecule has 2 aliphatic rings. The fraction of sp³-hybridized carbons (Fsp3) is 0.923. The topological polar surface area (TPSA) is 59.6 Å². The maximum absolute atomic E-state index is 5.86. The largest absolute Gasteiger partial charge is 0.383 e. The van der Waals surface area contributed by atoms with Gasteiger partial charge in [-0.1, -0.05) is 6.42 Å². The average molecular weight is 239 g/mol. The Balaban J connectivity index is 1.72. The van der Waals surface area contributed by atoms with Crippen LogP contribution in [0.3, 0.4) is 0 Å². The molecule has 0 spiro atoms. The van der Waals surface area contributed by atoms with Crippen LogP contribution in [-0.2, 0) is 4.74 Å². The summed E-state index contributed by atoms with van der Waals surface area (Å²) in [5.41, 5.74) is 5.86. The highest BCUT2D eigenvalue weighted by Gasteiger charge is 2.39. The first-order chi connectivity index (χ1) is 8.19. The number of nitrogens with two attached hydrogens (primary N) is 1. The smallest absolute Gasteiger partial charge is 0.188 e. The first-order valence-electron chi connectivity index (χ1n) is 6.74. The number of hydrogen-bond acceptors (Lipinski definition) is 2. The van der Waals surface area contributed by atoms with Crippen LogP contribution in [0.5, 0.6) is 0 Å². The summed E-state index contributed by atoms with van der Waals surface area (Å²) >= 11 is 0. The summed E-state index contributed by atoms with van der Waals surface area (Å²) in [4.78, 5) is 4.47. The quantitative estimate of drug-likeness (QED) is 0.562. The second-order valence-corrected chi connectivity index (χ2v) is 5.66. The number of methoxy groups -OCH3 is 1. The monoisotopic (exact) mass is 239 g/mol. The summed E-state index contributed by atoms with van der Waals surface area (Å²) in [6.07, 6.45) is 5.67. The zero-order valence-corrected chi connectivity index (χ0v) is 11.0. The molecule has 0 amide bonds. The van der Waals surface area contributed by atoms with E-state index in [2.05, 4.69) is 10.3 Å². The Morgan fingerprint density at radius 1 is 1.47 bits per heavy atom. The number of guanidine groups is 1. The van der Waals surface area contributed by atoms with E-state index in [-0.39, 0.29) is 6.04 Å². The number of nitrogens with zero attached hydrogens (tertiary/aromatic N) is 1. The Hall–Kier alpha value is -0.770. The maximum atomic E-state index is 5.86. The van der Waals surface area contributed by atoms with E-state index in [1.165, 1.54) is 25.7 Å². The highest BCUT2D eigenvalue weighted by atomic mass is 16.5. The molecule has 0 radical (unpaired) electrons. The van der Waals surface area contributed by atoms with Crippen molar-refractivity contribution in [2.24, 2.45) is 28.5 Å². The number of ether oxygens (including phenoxy) is 1. The first-order valence-corrected chi connectivity index (χ1v) is 6.74. The molecule has 0 aromatic carbocycles. The number of hydrogen-bond donors (Lipinski definition) is 2. The molecule has 0 saturated heterocycles. The minimum Gasteiger partial charge on any atom is -0.383 e. The van der Waals surface area contributed by atoms with Gasteiger partial charge in [0.15, 0.2) is 5.96 Å². The van der Waals surface area contributed by atoms with E-state index in [0.29, 0.717) is 12.6 Å². The molecule has 0 aromatic rings. The highest BCUT2D eigenvalue weighted by molar-refractivity contribution is 5.78. The molecule has 0 aromatic heterocycles. The lowest BCUT2D eigenvalue weighted by atomic mass is 9.89. The first kappa shape index (κ1) is 12.7. The molecule has 3 N–H and O–H groups in total. The van der Waals surface area contributed by atoms with E-state index in [0.717, 1.165) is 24.3 Å².